The van der Waals surface area contributed by atoms with Gasteiger partial charge in [0.25, 0.3) is 0 Å². The van der Waals surface area contributed by atoms with E-state index in [2.05, 4.69) is 11.9 Å². The van der Waals surface area contributed by atoms with Crippen molar-refractivity contribution in [3.63, 3.8) is 0 Å². The molecule has 0 saturated heterocycles. The van der Waals surface area contributed by atoms with E-state index in [9.17, 15) is 0 Å². The molecular weight excluding hydrogens is 182 g/mol. The molecule has 5 N–H and O–H groups in total. The summed E-state index contributed by atoms with van der Waals surface area (Å²) in [7, 11) is -1.10. The fourth-order valence-corrected chi connectivity index (χ4v) is 2.01. The van der Waals surface area contributed by atoms with Crippen LogP contribution in [0.5, 0.6) is 0 Å². The van der Waals surface area contributed by atoms with Crippen molar-refractivity contribution in [1.82, 2.24) is 5.32 Å². The molecule has 0 spiro atoms. The van der Waals surface area contributed by atoms with E-state index >= 15 is 0 Å². The Labute approximate surface area is 68.8 Å². The zero-order valence-corrected chi connectivity index (χ0v) is 8.27. The van der Waals surface area contributed by atoms with Crippen LogP contribution < -0.4 is 11.1 Å². The van der Waals surface area contributed by atoms with Crippen LogP contribution in [0.1, 0.15) is 0 Å². The van der Waals surface area contributed by atoms with Crippen LogP contribution in [0, 0.1) is 0 Å². The second-order valence-corrected chi connectivity index (χ2v) is 6.98. The van der Waals surface area contributed by atoms with Crippen molar-refractivity contribution in [1.29, 1.82) is 0 Å². The number of nitrogens with two attached hydrogens (primary N) is 1. The van der Waals surface area contributed by atoms with Gasteiger partial charge in [0.1, 0.15) is 0 Å². The third-order valence-electron chi connectivity index (χ3n) is 0.939. The molecule has 0 rings (SSSR count). The minimum absolute atomic E-state index is 0.153. The van der Waals surface area contributed by atoms with Crippen molar-refractivity contribution in [2.24, 2.45) is 5.73 Å². The number of nitrogens with one attached hydrogen (secondary N) is 1. The van der Waals surface area contributed by atoms with Gasteiger partial charge in [-0.2, -0.15) is 0 Å². The van der Waals surface area contributed by atoms with Gasteiger partial charge in [-0.25, -0.2) is 0 Å². The van der Waals surface area contributed by atoms with Crippen molar-refractivity contribution in [2.45, 2.75) is 0 Å². The molecule has 0 aromatic heterocycles. The average molecular weight is 196 g/mol. The Bertz CT molecular complexity index is 164. The molecule has 4 nitrogen and oxygen atoms in total. The number of hydrogen-bond donors (Lipinski definition) is 4. The molecule has 0 fully saturated rings. The molecule has 0 amide bonds. The Hall–Kier alpha value is -0.140. The van der Waals surface area contributed by atoms with Crippen LogP contribution in [-0.4, -0.2) is 15.9 Å². The van der Waals surface area contributed by atoms with Gasteiger partial charge in [0, 0.05) is 0 Å². The Morgan fingerprint density at radius 2 is 2.27 bits per heavy atom. The van der Waals surface area contributed by atoms with E-state index in [-0.39, 0.29) is 6.16 Å². The monoisotopic (exact) mass is 196 g/mol. The van der Waals surface area contributed by atoms with Gasteiger partial charge in [-0.05, 0) is 0 Å². The Morgan fingerprint density at radius 3 is 2.55 bits per heavy atom. The van der Waals surface area contributed by atoms with Gasteiger partial charge < -0.3 is 0 Å². The van der Waals surface area contributed by atoms with Crippen molar-refractivity contribution >= 4 is 16.3 Å². The fraction of sp³-hybridized carbons (Fsp3) is 0.200. The summed E-state index contributed by atoms with van der Waals surface area (Å²) in [6, 6.07) is 0. The molecule has 0 aliphatic heterocycles. The van der Waals surface area contributed by atoms with E-state index in [0.717, 1.165) is 0 Å². The fourth-order valence-electron chi connectivity index (χ4n) is 0.569. The van der Waals surface area contributed by atoms with Gasteiger partial charge in [-0.1, -0.05) is 0 Å². The SMILES string of the molecule is C=CN/C(=C\N)C[PH](O)(O)P. The molecule has 1 unspecified atom stereocenters. The third-order valence-corrected chi connectivity index (χ3v) is 2.45. The summed E-state index contributed by atoms with van der Waals surface area (Å²) in [5.41, 5.74) is 5.75. The second kappa shape index (κ2) is 4.68. The predicted octanol–water partition coefficient (Wildman–Crippen LogP) is -0.126. The van der Waals surface area contributed by atoms with E-state index in [1.165, 1.54) is 12.4 Å². The Kier molecular flexibility index (Phi) is 4.62. The van der Waals surface area contributed by atoms with Crippen LogP contribution >= 0.6 is 16.3 Å². The summed E-state index contributed by atoms with van der Waals surface area (Å²) in [5, 5.41) is 2.69. The first-order valence-corrected chi connectivity index (χ1v) is 6.92. The molecule has 0 aliphatic rings. The van der Waals surface area contributed by atoms with Crippen molar-refractivity contribution in [2.75, 3.05) is 6.16 Å². The normalized spacial score (nSPS) is 14.3. The zero-order chi connectivity index (χ0) is 8.91. The number of allylic oxidation sites excluding steroid dienone is 1. The quantitative estimate of drug-likeness (QED) is 0.472. The summed E-state index contributed by atoms with van der Waals surface area (Å²) in [6.45, 7) is 3.42. The van der Waals surface area contributed by atoms with Crippen LogP contribution in [0.2, 0.25) is 0 Å². The van der Waals surface area contributed by atoms with Gasteiger partial charge in [-0.15, -0.1) is 0 Å². The molecule has 0 heterocycles. The first-order valence-electron chi connectivity index (χ1n) is 3.01. The van der Waals surface area contributed by atoms with Gasteiger partial charge in [0.2, 0.25) is 0 Å². The first kappa shape index (κ1) is 10.9. The second-order valence-electron chi connectivity index (χ2n) is 2.10. The van der Waals surface area contributed by atoms with Crippen LogP contribution in [0.4, 0.5) is 0 Å². The number of rotatable bonds is 4. The van der Waals surface area contributed by atoms with Crippen LogP contribution in [-0.2, 0) is 0 Å². The third kappa shape index (κ3) is 6.27. The molecule has 0 aromatic carbocycles. The van der Waals surface area contributed by atoms with Crippen LogP contribution in [0.3, 0.4) is 0 Å². The molecule has 1 atom stereocenters. The van der Waals surface area contributed by atoms with Gasteiger partial charge in [0.05, 0.1) is 0 Å². The maximum absolute atomic E-state index is 9.03. The predicted molar refractivity (Wildman–Crippen MR) is 52.9 cm³/mol. The van der Waals surface area contributed by atoms with Crippen molar-refractivity contribution in [3.05, 3.63) is 24.7 Å². The Balaban J connectivity index is 4.00. The van der Waals surface area contributed by atoms with Gasteiger partial charge >= 0.3 is 68.0 Å². The molecule has 66 valence electrons. The van der Waals surface area contributed by atoms with Crippen molar-refractivity contribution < 1.29 is 9.79 Å². The molecular formula is C5H14N2O2P2. The van der Waals surface area contributed by atoms with Gasteiger partial charge in [-0.3, -0.25) is 0 Å². The average Bonchev–Trinajstić information content (AvgIpc) is 1.84. The molecule has 11 heavy (non-hydrogen) atoms. The molecule has 0 radical (unpaired) electrons. The molecule has 0 aromatic rings. The Morgan fingerprint density at radius 1 is 1.73 bits per heavy atom. The molecule has 0 bridgehead atoms. The first-order chi connectivity index (χ1) is 4.99. The molecule has 6 heteroatoms. The zero-order valence-electron chi connectivity index (χ0n) is 6.12. The van der Waals surface area contributed by atoms with Crippen molar-refractivity contribution in [3.8, 4) is 0 Å². The van der Waals surface area contributed by atoms with Gasteiger partial charge in [0.15, 0.2) is 0 Å². The summed E-state index contributed by atoms with van der Waals surface area (Å²) < 4.78 is 0. The van der Waals surface area contributed by atoms with E-state index in [1.807, 2.05) is 8.93 Å². The molecule has 0 aliphatic carbocycles. The standard InChI is InChI=1S/C5H14N2O2P2/c1-2-7-5(3-6)4-11(8,9)10/h2-3,7-9,11H,1,4,6,10H2/b5-3-. The summed E-state index contributed by atoms with van der Waals surface area (Å²) >= 11 is 0. The minimum atomic E-state index is -3.12. The van der Waals surface area contributed by atoms with E-state index in [0.29, 0.717) is 5.70 Å². The summed E-state index contributed by atoms with van der Waals surface area (Å²) in [5.74, 6) is 0. The van der Waals surface area contributed by atoms with Crippen LogP contribution in [0.15, 0.2) is 24.7 Å². The summed E-state index contributed by atoms with van der Waals surface area (Å²) in [4.78, 5) is 18.1. The number of hydrogen-bond acceptors (Lipinski definition) is 4. The maximum atomic E-state index is 9.03. The van der Waals surface area contributed by atoms with E-state index in [4.69, 9.17) is 15.5 Å². The summed E-state index contributed by atoms with van der Waals surface area (Å²) in [6.07, 6.45) is 2.88. The molecule has 0 saturated carbocycles. The topological polar surface area (TPSA) is 78.5 Å². The van der Waals surface area contributed by atoms with Crippen LogP contribution in [0.25, 0.3) is 0 Å². The van der Waals surface area contributed by atoms with E-state index in [1.54, 1.807) is 0 Å². The van der Waals surface area contributed by atoms with E-state index < -0.39 is 7.40 Å².